The summed E-state index contributed by atoms with van der Waals surface area (Å²) in [4.78, 5) is 2.08. The summed E-state index contributed by atoms with van der Waals surface area (Å²) >= 11 is 0. The summed E-state index contributed by atoms with van der Waals surface area (Å²) in [5.41, 5.74) is 0.347. The minimum absolute atomic E-state index is 0.347. The molecule has 64 valence electrons. The lowest BCUT2D eigenvalue weighted by Gasteiger charge is -2.12. The van der Waals surface area contributed by atoms with Crippen LogP contribution < -0.4 is 0 Å². The molecule has 0 aromatic heterocycles. The highest BCUT2D eigenvalue weighted by atomic mass is 15.0. The average Bonchev–Trinajstić information content (AvgIpc) is 1.78. The fraction of sp³-hybridized carbons (Fsp3) is 0.800. The van der Waals surface area contributed by atoms with Gasteiger partial charge in [-0.1, -0.05) is 26.7 Å². The minimum atomic E-state index is 0.347. The molecule has 1 heteroatoms. The molecule has 0 atom stereocenters. The molecule has 0 fully saturated rings. The summed E-state index contributed by atoms with van der Waals surface area (Å²) in [6.07, 6.45) is 0.987. The monoisotopic (exact) mass is 153 g/mol. The maximum atomic E-state index is 3.16. The minimum Gasteiger partial charge on any atom is -0.299 e. The molecule has 0 saturated carbocycles. The van der Waals surface area contributed by atoms with Gasteiger partial charge in [-0.25, -0.2) is 0 Å². The Bertz CT molecular complexity index is 152. The van der Waals surface area contributed by atoms with E-state index in [2.05, 4.69) is 37.5 Å². The smallest absolute Gasteiger partial charge is 0.0596 e. The first kappa shape index (κ1) is 10.5. The Morgan fingerprint density at radius 2 is 1.64 bits per heavy atom. The van der Waals surface area contributed by atoms with E-state index in [0.29, 0.717) is 5.41 Å². The molecule has 0 rings (SSSR count). The highest BCUT2D eigenvalue weighted by Crippen LogP contribution is 2.16. The number of hydrogen-bond donors (Lipinski definition) is 0. The van der Waals surface area contributed by atoms with Crippen molar-refractivity contribution in [3.63, 3.8) is 0 Å². The van der Waals surface area contributed by atoms with E-state index < -0.39 is 0 Å². The molecule has 0 amide bonds. The Morgan fingerprint density at radius 3 is 2.00 bits per heavy atom. The van der Waals surface area contributed by atoms with Gasteiger partial charge in [0.15, 0.2) is 0 Å². The van der Waals surface area contributed by atoms with E-state index in [1.807, 2.05) is 14.1 Å². The van der Waals surface area contributed by atoms with Gasteiger partial charge < -0.3 is 0 Å². The third kappa shape index (κ3) is 9.52. The summed E-state index contributed by atoms with van der Waals surface area (Å²) in [5, 5.41) is 0. The van der Waals surface area contributed by atoms with Crippen molar-refractivity contribution in [2.45, 2.75) is 27.2 Å². The molecule has 0 saturated heterocycles. The molecule has 0 radical (unpaired) electrons. The van der Waals surface area contributed by atoms with E-state index in [9.17, 15) is 0 Å². The van der Waals surface area contributed by atoms with Crippen LogP contribution in [0.2, 0.25) is 0 Å². The molecule has 11 heavy (non-hydrogen) atoms. The van der Waals surface area contributed by atoms with Crippen LogP contribution in [0.3, 0.4) is 0 Å². The Hall–Kier alpha value is -0.480. The molecule has 0 N–H and O–H groups in total. The van der Waals surface area contributed by atoms with Gasteiger partial charge in [-0.05, 0) is 19.5 Å². The van der Waals surface area contributed by atoms with Crippen molar-refractivity contribution in [2.75, 3.05) is 20.6 Å². The van der Waals surface area contributed by atoms with Crippen LogP contribution in [-0.4, -0.2) is 25.5 Å². The lowest BCUT2D eigenvalue weighted by atomic mass is 9.93. The molecule has 0 aliphatic carbocycles. The van der Waals surface area contributed by atoms with Crippen molar-refractivity contribution in [2.24, 2.45) is 5.41 Å². The fourth-order valence-electron chi connectivity index (χ4n) is 0.542. The van der Waals surface area contributed by atoms with Gasteiger partial charge in [0.2, 0.25) is 0 Å². The van der Waals surface area contributed by atoms with Gasteiger partial charge in [-0.15, -0.1) is 5.92 Å². The van der Waals surface area contributed by atoms with Crippen molar-refractivity contribution in [1.82, 2.24) is 4.90 Å². The Morgan fingerprint density at radius 1 is 1.09 bits per heavy atom. The predicted molar refractivity (Wildman–Crippen MR) is 50.4 cm³/mol. The molecular weight excluding hydrogens is 134 g/mol. The summed E-state index contributed by atoms with van der Waals surface area (Å²) in [6, 6.07) is 0. The summed E-state index contributed by atoms with van der Waals surface area (Å²) in [6.45, 7) is 7.49. The SMILES string of the molecule is CN(C)CC#CCC(C)(C)C. The zero-order valence-corrected chi connectivity index (χ0v) is 8.36. The second kappa shape index (κ2) is 4.41. The van der Waals surface area contributed by atoms with E-state index in [1.165, 1.54) is 0 Å². The number of hydrogen-bond acceptors (Lipinski definition) is 1. The predicted octanol–water partition coefficient (Wildman–Crippen LogP) is 1.99. The largest absolute Gasteiger partial charge is 0.299 e. The normalized spacial score (nSPS) is 11.1. The second-order valence-corrected chi connectivity index (χ2v) is 4.33. The van der Waals surface area contributed by atoms with Crippen molar-refractivity contribution < 1.29 is 0 Å². The Balaban J connectivity index is 3.57. The van der Waals surface area contributed by atoms with E-state index in [0.717, 1.165) is 13.0 Å². The van der Waals surface area contributed by atoms with E-state index in [4.69, 9.17) is 0 Å². The van der Waals surface area contributed by atoms with Crippen LogP contribution in [-0.2, 0) is 0 Å². The first-order valence-corrected chi connectivity index (χ1v) is 4.02. The third-order valence-corrected chi connectivity index (χ3v) is 1.14. The number of rotatable bonds is 1. The Labute approximate surface area is 70.8 Å². The van der Waals surface area contributed by atoms with Gasteiger partial charge in [0.25, 0.3) is 0 Å². The van der Waals surface area contributed by atoms with Crippen molar-refractivity contribution in [1.29, 1.82) is 0 Å². The zero-order chi connectivity index (χ0) is 8.91. The van der Waals surface area contributed by atoms with E-state index >= 15 is 0 Å². The fourth-order valence-corrected chi connectivity index (χ4v) is 0.542. The maximum Gasteiger partial charge on any atom is 0.0596 e. The zero-order valence-electron chi connectivity index (χ0n) is 8.36. The van der Waals surface area contributed by atoms with E-state index in [-0.39, 0.29) is 0 Å². The van der Waals surface area contributed by atoms with Crippen LogP contribution in [0.1, 0.15) is 27.2 Å². The van der Waals surface area contributed by atoms with Gasteiger partial charge >= 0.3 is 0 Å². The molecule has 1 nitrogen and oxygen atoms in total. The number of nitrogens with zero attached hydrogens (tertiary/aromatic N) is 1. The van der Waals surface area contributed by atoms with Gasteiger partial charge in [0.05, 0.1) is 6.54 Å². The molecule has 0 heterocycles. The highest BCUT2D eigenvalue weighted by Gasteiger charge is 2.06. The molecule has 0 bridgehead atoms. The van der Waals surface area contributed by atoms with Gasteiger partial charge in [0.1, 0.15) is 0 Å². The van der Waals surface area contributed by atoms with Gasteiger partial charge in [-0.3, -0.25) is 4.90 Å². The first-order chi connectivity index (χ1) is 4.92. The Kier molecular flexibility index (Phi) is 4.22. The van der Waals surface area contributed by atoms with Crippen LogP contribution >= 0.6 is 0 Å². The molecule has 0 spiro atoms. The van der Waals surface area contributed by atoms with Crippen LogP contribution in [0.15, 0.2) is 0 Å². The van der Waals surface area contributed by atoms with Crippen LogP contribution in [0.5, 0.6) is 0 Å². The quantitative estimate of drug-likeness (QED) is 0.521. The van der Waals surface area contributed by atoms with Gasteiger partial charge in [0, 0.05) is 6.42 Å². The topological polar surface area (TPSA) is 3.24 Å². The lowest BCUT2D eigenvalue weighted by Crippen LogP contribution is -2.11. The van der Waals surface area contributed by atoms with Crippen LogP contribution in [0.4, 0.5) is 0 Å². The standard InChI is InChI=1S/C10H19N/c1-10(2,3)8-6-7-9-11(4)5/h8-9H2,1-5H3. The van der Waals surface area contributed by atoms with Gasteiger partial charge in [-0.2, -0.15) is 0 Å². The molecule has 0 aliphatic heterocycles. The molecule has 0 unspecified atom stereocenters. The second-order valence-electron chi connectivity index (χ2n) is 4.33. The highest BCUT2D eigenvalue weighted by molar-refractivity contribution is 5.02. The third-order valence-electron chi connectivity index (χ3n) is 1.14. The van der Waals surface area contributed by atoms with Crippen molar-refractivity contribution >= 4 is 0 Å². The average molecular weight is 153 g/mol. The summed E-state index contributed by atoms with van der Waals surface area (Å²) in [5.74, 6) is 6.28. The van der Waals surface area contributed by atoms with Crippen LogP contribution in [0, 0.1) is 17.3 Å². The molecule has 0 aromatic carbocycles. The van der Waals surface area contributed by atoms with Crippen LogP contribution in [0.25, 0.3) is 0 Å². The van der Waals surface area contributed by atoms with Crippen molar-refractivity contribution in [3.05, 3.63) is 0 Å². The summed E-state index contributed by atoms with van der Waals surface area (Å²) < 4.78 is 0. The maximum absolute atomic E-state index is 3.16. The lowest BCUT2D eigenvalue weighted by molar-refractivity contribution is 0.426. The molecule has 0 aromatic rings. The van der Waals surface area contributed by atoms with Crippen molar-refractivity contribution in [3.8, 4) is 11.8 Å². The molecular formula is C10H19N. The summed E-state index contributed by atoms with van der Waals surface area (Å²) in [7, 11) is 4.07. The van der Waals surface area contributed by atoms with E-state index in [1.54, 1.807) is 0 Å². The first-order valence-electron chi connectivity index (χ1n) is 4.02. The molecule has 0 aliphatic rings.